The van der Waals surface area contributed by atoms with Gasteiger partial charge in [0.15, 0.2) is 0 Å². The lowest BCUT2D eigenvalue weighted by Gasteiger charge is -2.29. The number of anilines is 1. The van der Waals surface area contributed by atoms with E-state index in [0.29, 0.717) is 16.3 Å². The van der Waals surface area contributed by atoms with Gasteiger partial charge in [-0.05, 0) is 49.8 Å². The van der Waals surface area contributed by atoms with Gasteiger partial charge in [0.25, 0.3) is 5.69 Å². The molecule has 1 aliphatic rings. The molecule has 0 radical (unpaired) electrons. The third kappa shape index (κ3) is 3.42. The maximum atomic E-state index is 11.1. The van der Waals surface area contributed by atoms with Crippen LogP contribution in [0.1, 0.15) is 18.9 Å². The summed E-state index contributed by atoms with van der Waals surface area (Å²) in [6, 6.07) is 16.6. The summed E-state index contributed by atoms with van der Waals surface area (Å²) in [4.78, 5) is 17.3. The molecule has 142 valence electrons. The Labute approximate surface area is 171 Å². The molecular weight excluding hydrogens is 384 g/mol. The highest BCUT2D eigenvalue weighted by Gasteiger charge is 2.21. The van der Waals surface area contributed by atoms with Crippen LogP contribution in [-0.4, -0.2) is 9.91 Å². The summed E-state index contributed by atoms with van der Waals surface area (Å²) in [5.74, 6) is 0. The number of hydrogen-bond donors (Lipinski definition) is 0. The molecule has 1 aliphatic heterocycles. The predicted octanol–water partition coefficient (Wildman–Crippen LogP) is 5.81. The highest BCUT2D eigenvalue weighted by atomic mass is 32.1. The molecule has 0 amide bonds. The molecule has 0 bridgehead atoms. The van der Waals surface area contributed by atoms with E-state index in [1.807, 2.05) is 61.2 Å². The van der Waals surface area contributed by atoms with Crippen molar-refractivity contribution in [2.45, 2.75) is 13.8 Å². The van der Waals surface area contributed by atoms with Crippen LogP contribution in [0.2, 0.25) is 0 Å². The average molecular weight is 400 g/mol. The first kappa shape index (κ1) is 18.6. The minimum absolute atomic E-state index is 0.0385. The Morgan fingerprint density at radius 3 is 2.52 bits per heavy atom. The highest BCUT2D eigenvalue weighted by Crippen LogP contribution is 2.35. The summed E-state index contributed by atoms with van der Waals surface area (Å²) in [6.45, 7) is 3.84. The van der Waals surface area contributed by atoms with Gasteiger partial charge in [0.1, 0.15) is 11.1 Å². The van der Waals surface area contributed by atoms with Crippen LogP contribution in [0.15, 0.2) is 77.7 Å². The number of nitriles is 1. The summed E-state index contributed by atoms with van der Waals surface area (Å²) in [6.07, 6.45) is 3.83. The number of fused-ring (bicyclic) bond motifs is 1. The lowest BCUT2D eigenvalue weighted by Crippen LogP contribution is -2.21. The average Bonchev–Trinajstić information content (AvgIpc) is 3.12. The van der Waals surface area contributed by atoms with Crippen LogP contribution < -0.4 is 4.90 Å². The van der Waals surface area contributed by atoms with Crippen molar-refractivity contribution in [3.8, 4) is 6.07 Å². The number of para-hydroxylation sites is 1. The van der Waals surface area contributed by atoms with Crippen LogP contribution in [0, 0.1) is 21.4 Å². The fraction of sp³-hybridized carbons (Fsp3) is 0.0909. The molecule has 0 aliphatic carbocycles. The van der Waals surface area contributed by atoms with Gasteiger partial charge in [0.05, 0.1) is 26.4 Å². The Balaban J connectivity index is 1.78. The molecule has 0 N–H and O–H groups in total. The number of benzene rings is 2. The second-order valence-electron chi connectivity index (χ2n) is 6.61. The Hall–Kier alpha value is -3.76. The van der Waals surface area contributed by atoms with E-state index in [2.05, 4.69) is 11.1 Å². The van der Waals surface area contributed by atoms with Crippen LogP contribution in [0.4, 0.5) is 11.4 Å². The zero-order valence-electron chi connectivity index (χ0n) is 15.8. The molecule has 0 fully saturated rings. The molecule has 7 heteroatoms. The number of thiazole rings is 1. The zero-order valence-corrected chi connectivity index (χ0v) is 16.6. The summed E-state index contributed by atoms with van der Waals surface area (Å²) in [7, 11) is 0. The normalized spacial score (nSPS) is 13.7. The van der Waals surface area contributed by atoms with Crippen LogP contribution in [0.25, 0.3) is 15.8 Å². The molecule has 3 aromatic rings. The van der Waals surface area contributed by atoms with Gasteiger partial charge in [-0.25, -0.2) is 4.98 Å². The molecule has 2 heterocycles. The van der Waals surface area contributed by atoms with E-state index in [4.69, 9.17) is 0 Å². The van der Waals surface area contributed by atoms with Crippen LogP contribution >= 0.6 is 11.3 Å². The van der Waals surface area contributed by atoms with Gasteiger partial charge < -0.3 is 4.90 Å². The van der Waals surface area contributed by atoms with Crippen molar-refractivity contribution < 1.29 is 4.92 Å². The number of aromatic nitrogens is 1. The van der Waals surface area contributed by atoms with Crippen molar-refractivity contribution >= 4 is 38.5 Å². The number of nitro groups is 1. The molecule has 1 aromatic heterocycles. The Morgan fingerprint density at radius 2 is 1.86 bits per heavy atom. The third-order valence-corrected chi connectivity index (χ3v) is 5.70. The van der Waals surface area contributed by atoms with Gasteiger partial charge in [-0.15, -0.1) is 11.3 Å². The maximum absolute atomic E-state index is 11.1. The summed E-state index contributed by atoms with van der Waals surface area (Å²) >= 11 is 1.49. The summed E-state index contributed by atoms with van der Waals surface area (Å²) in [5.41, 5.74) is 4.66. The quantitative estimate of drug-likeness (QED) is 0.315. The van der Waals surface area contributed by atoms with Crippen molar-refractivity contribution in [3.05, 3.63) is 92.8 Å². The van der Waals surface area contributed by atoms with E-state index >= 15 is 0 Å². The van der Waals surface area contributed by atoms with Gasteiger partial charge in [-0.2, -0.15) is 5.26 Å². The monoisotopic (exact) mass is 400 g/mol. The number of non-ortho nitro benzene ring substituents is 1. The summed E-state index contributed by atoms with van der Waals surface area (Å²) in [5, 5.41) is 21.6. The topological polar surface area (TPSA) is 83.1 Å². The lowest BCUT2D eigenvalue weighted by atomic mass is 10.0. The van der Waals surface area contributed by atoms with Crippen molar-refractivity contribution in [3.63, 3.8) is 0 Å². The van der Waals surface area contributed by atoms with Gasteiger partial charge in [-0.3, -0.25) is 10.1 Å². The van der Waals surface area contributed by atoms with Crippen LogP contribution in [0.5, 0.6) is 0 Å². The lowest BCUT2D eigenvalue weighted by molar-refractivity contribution is -0.384. The molecule has 0 saturated carbocycles. The first-order valence-corrected chi connectivity index (χ1v) is 9.71. The number of allylic oxidation sites excluding steroid dienone is 6. The second kappa shape index (κ2) is 7.34. The van der Waals surface area contributed by atoms with Crippen LogP contribution in [-0.2, 0) is 0 Å². The SMILES string of the molecule is CC1=CC(=C(C#N)c2nc3ccccc3s2)C=C(C)N1c1cccc([N+](=O)[O-])c1. The molecule has 0 saturated heterocycles. The van der Waals surface area contributed by atoms with E-state index in [1.165, 1.54) is 17.4 Å². The molecule has 29 heavy (non-hydrogen) atoms. The first-order chi connectivity index (χ1) is 14.0. The first-order valence-electron chi connectivity index (χ1n) is 8.89. The molecule has 6 nitrogen and oxygen atoms in total. The molecule has 0 unspecified atom stereocenters. The molecule has 0 atom stereocenters. The highest BCUT2D eigenvalue weighted by molar-refractivity contribution is 7.19. The van der Waals surface area contributed by atoms with Gasteiger partial charge in [-0.1, -0.05) is 18.2 Å². The van der Waals surface area contributed by atoms with E-state index in [9.17, 15) is 15.4 Å². The van der Waals surface area contributed by atoms with E-state index < -0.39 is 4.92 Å². The number of nitro benzene ring substituents is 1. The minimum atomic E-state index is -0.405. The van der Waals surface area contributed by atoms with Gasteiger partial charge >= 0.3 is 0 Å². The number of hydrogen-bond acceptors (Lipinski definition) is 6. The smallest absolute Gasteiger partial charge is 0.271 e. The molecule has 0 spiro atoms. The molecular formula is C22H16N4O2S. The standard InChI is InChI=1S/C22H16N4O2S/c1-14-10-16(19(13-23)22-24-20-8-3-4-9-21(20)29-22)11-15(2)25(14)17-6-5-7-18(12-17)26(27)28/h3-12H,1-2H3. The van der Waals surface area contributed by atoms with Gasteiger partial charge in [0, 0.05) is 23.5 Å². The van der Waals surface area contributed by atoms with Gasteiger partial charge in [0.2, 0.25) is 0 Å². The largest absolute Gasteiger partial charge is 0.318 e. The van der Waals surface area contributed by atoms with E-state index in [0.717, 1.165) is 27.2 Å². The Bertz CT molecular complexity index is 1220. The fourth-order valence-corrected chi connectivity index (χ4v) is 4.39. The van der Waals surface area contributed by atoms with E-state index in [-0.39, 0.29) is 5.69 Å². The van der Waals surface area contributed by atoms with Crippen molar-refractivity contribution in [2.24, 2.45) is 0 Å². The fourth-order valence-electron chi connectivity index (χ4n) is 3.41. The number of nitrogens with zero attached hydrogens (tertiary/aromatic N) is 4. The minimum Gasteiger partial charge on any atom is -0.318 e. The predicted molar refractivity (Wildman–Crippen MR) is 115 cm³/mol. The molecule has 2 aromatic carbocycles. The van der Waals surface area contributed by atoms with Crippen molar-refractivity contribution in [1.29, 1.82) is 5.26 Å². The summed E-state index contributed by atoms with van der Waals surface area (Å²) < 4.78 is 1.03. The van der Waals surface area contributed by atoms with Crippen molar-refractivity contribution in [1.82, 2.24) is 4.98 Å². The van der Waals surface area contributed by atoms with Crippen LogP contribution in [0.3, 0.4) is 0 Å². The molecule has 4 rings (SSSR count). The maximum Gasteiger partial charge on any atom is 0.271 e. The zero-order chi connectivity index (χ0) is 20.5. The Kier molecular flexibility index (Phi) is 4.71. The van der Waals surface area contributed by atoms with E-state index in [1.54, 1.807) is 12.1 Å². The number of rotatable bonds is 3. The third-order valence-electron chi connectivity index (χ3n) is 4.64. The van der Waals surface area contributed by atoms with Crippen molar-refractivity contribution in [2.75, 3.05) is 4.90 Å². The second-order valence-corrected chi connectivity index (χ2v) is 7.64. The Morgan fingerprint density at radius 1 is 1.14 bits per heavy atom.